The van der Waals surface area contributed by atoms with Crippen LogP contribution < -0.4 is 4.74 Å². The van der Waals surface area contributed by atoms with Gasteiger partial charge in [0.25, 0.3) is 0 Å². The molecule has 1 aromatic rings. The van der Waals surface area contributed by atoms with E-state index in [1.165, 1.54) is 0 Å². The number of ether oxygens (including phenoxy) is 3. The summed E-state index contributed by atoms with van der Waals surface area (Å²) in [6.45, 7) is 1.57. The van der Waals surface area contributed by atoms with E-state index in [1.54, 1.807) is 7.11 Å². The number of benzene rings is 1. The predicted molar refractivity (Wildman–Crippen MR) is 58.5 cm³/mol. The number of hydrogen-bond acceptors (Lipinski definition) is 4. The molecular weight excluding hydrogens is 208 g/mol. The zero-order valence-electron chi connectivity index (χ0n) is 9.26. The Morgan fingerprint density at radius 2 is 2.06 bits per heavy atom. The highest BCUT2D eigenvalue weighted by Gasteiger charge is 2.20. The topological polar surface area (TPSA) is 47.9 Å². The summed E-state index contributed by atoms with van der Waals surface area (Å²) in [4.78, 5) is 0. The minimum atomic E-state index is -0.591. The third-order valence-corrected chi connectivity index (χ3v) is 2.60. The lowest BCUT2D eigenvalue weighted by Crippen LogP contribution is -2.37. The number of aliphatic hydroxyl groups excluding tert-OH is 1. The van der Waals surface area contributed by atoms with Crippen LogP contribution in [-0.2, 0) is 9.47 Å². The molecule has 1 atom stereocenters. The molecule has 2 rings (SSSR count). The Bertz CT molecular complexity index is 318. The standard InChI is InChI=1S/C12H16O4/c1-14-10-4-2-9(3-5-10)12(13)8-16-11-6-15-7-11/h2-5,11-13H,6-8H2,1H3. The molecule has 0 spiro atoms. The molecule has 1 aliphatic rings. The van der Waals surface area contributed by atoms with Crippen LogP contribution in [0.25, 0.3) is 0 Å². The van der Waals surface area contributed by atoms with E-state index in [4.69, 9.17) is 14.2 Å². The normalized spacial score (nSPS) is 17.9. The molecule has 1 aliphatic heterocycles. The maximum Gasteiger partial charge on any atom is 0.118 e. The monoisotopic (exact) mass is 224 g/mol. The molecule has 0 bridgehead atoms. The average Bonchev–Trinajstić information content (AvgIpc) is 2.27. The van der Waals surface area contributed by atoms with Crippen molar-refractivity contribution in [3.63, 3.8) is 0 Å². The number of hydrogen-bond donors (Lipinski definition) is 1. The van der Waals surface area contributed by atoms with E-state index in [0.29, 0.717) is 19.8 Å². The lowest BCUT2D eigenvalue weighted by molar-refractivity contribution is -0.143. The molecule has 0 saturated carbocycles. The summed E-state index contributed by atoms with van der Waals surface area (Å²) in [6.07, 6.45) is -0.445. The SMILES string of the molecule is COc1ccc(C(O)COC2COC2)cc1. The van der Waals surface area contributed by atoms with Crippen LogP contribution in [-0.4, -0.2) is 38.1 Å². The molecule has 1 fully saturated rings. The quantitative estimate of drug-likeness (QED) is 0.815. The maximum absolute atomic E-state index is 9.85. The molecule has 0 amide bonds. The van der Waals surface area contributed by atoms with Gasteiger partial charge in [-0.05, 0) is 17.7 Å². The Balaban J connectivity index is 1.84. The summed E-state index contributed by atoms with van der Waals surface area (Å²) in [5, 5.41) is 9.85. The molecular formula is C12H16O4. The van der Waals surface area contributed by atoms with E-state index in [-0.39, 0.29) is 6.10 Å². The van der Waals surface area contributed by atoms with Crippen LogP contribution >= 0.6 is 0 Å². The predicted octanol–water partition coefficient (Wildman–Crippen LogP) is 1.14. The fourth-order valence-electron chi connectivity index (χ4n) is 1.46. The smallest absolute Gasteiger partial charge is 0.118 e. The molecule has 88 valence electrons. The van der Waals surface area contributed by atoms with Crippen molar-refractivity contribution in [2.45, 2.75) is 12.2 Å². The number of aliphatic hydroxyl groups is 1. The first kappa shape index (κ1) is 11.4. The number of methoxy groups -OCH3 is 1. The van der Waals surface area contributed by atoms with Crippen molar-refractivity contribution in [3.8, 4) is 5.75 Å². The molecule has 16 heavy (non-hydrogen) atoms. The van der Waals surface area contributed by atoms with Crippen LogP contribution in [0, 0.1) is 0 Å². The van der Waals surface area contributed by atoms with Crippen LogP contribution in [0.15, 0.2) is 24.3 Å². The summed E-state index contributed by atoms with van der Waals surface area (Å²) in [5.41, 5.74) is 0.834. The lowest BCUT2D eigenvalue weighted by Gasteiger charge is -2.27. The highest BCUT2D eigenvalue weighted by atomic mass is 16.6. The van der Waals surface area contributed by atoms with Gasteiger partial charge >= 0.3 is 0 Å². The van der Waals surface area contributed by atoms with E-state index in [1.807, 2.05) is 24.3 Å². The van der Waals surface area contributed by atoms with Gasteiger partial charge in [0.1, 0.15) is 18.0 Å². The van der Waals surface area contributed by atoms with E-state index in [0.717, 1.165) is 11.3 Å². The highest BCUT2D eigenvalue weighted by molar-refractivity contribution is 5.28. The van der Waals surface area contributed by atoms with Gasteiger partial charge in [0, 0.05) is 0 Å². The second-order valence-corrected chi connectivity index (χ2v) is 3.78. The lowest BCUT2D eigenvalue weighted by atomic mass is 10.1. The third kappa shape index (κ3) is 2.72. The van der Waals surface area contributed by atoms with Crippen molar-refractivity contribution in [2.75, 3.05) is 26.9 Å². The average molecular weight is 224 g/mol. The van der Waals surface area contributed by atoms with E-state index < -0.39 is 6.10 Å². The minimum Gasteiger partial charge on any atom is -0.497 e. The summed E-state index contributed by atoms with van der Waals surface area (Å²) in [6, 6.07) is 7.32. The third-order valence-electron chi connectivity index (χ3n) is 2.60. The molecule has 1 aromatic carbocycles. The van der Waals surface area contributed by atoms with Crippen molar-refractivity contribution in [1.82, 2.24) is 0 Å². The highest BCUT2D eigenvalue weighted by Crippen LogP contribution is 2.18. The summed E-state index contributed by atoms with van der Waals surface area (Å²) >= 11 is 0. The van der Waals surface area contributed by atoms with Crippen LogP contribution in [0.1, 0.15) is 11.7 Å². The molecule has 0 aliphatic carbocycles. The zero-order valence-corrected chi connectivity index (χ0v) is 9.26. The molecule has 4 heteroatoms. The second-order valence-electron chi connectivity index (χ2n) is 3.78. The zero-order chi connectivity index (χ0) is 11.4. The molecule has 0 aromatic heterocycles. The Hall–Kier alpha value is -1.10. The van der Waals surface area contributed by atoms with Crippen molar-refractivity contribution in [1.29, 1.82) is 0 Å². The van der Waals surface area contributed by atoms with E-state index >= 15 is 0 Å². The van der Waals surface area contributed by atoms with Gasteiger partial charge < -0.3 is 19.3 Å². The number of rotatable bonds is 5. The Morgan fingerprint density at radius 3 is 2.56 bits per heavy atom. The van der Waals surface area contributed by atoms with Crippen molar-refractivity contribution in [2.24, 2.45) is 0 Å². The molecule has 1 unspecified atom stereocenters. The van der Waals surface area contributed by atoms with Crippen molar-refractivity contribution >= 4 is 0 Å². The van der Waals surface area contributed by atoms with Crippen molar-refractivity contribution in [3.05, 3.63) is 29.8 Å². The Labute approximate surface area is 94.8 Å². The van der Waals surface area contributed by atoms with Crippen LogP contribution in [0.3, 0.4) is 0 Å². The summed E-state index contributed by atoms with van der Waals surface area (Å²) in [5.74, 6) is 0.782. The summed E-state index contributed by atoms with van der Waals surface area (Å²) in [7, 11) is 1.62. The molecule has 4 nitrogen and oxygen atoms in total. The first-order valence-corrected chi connectivity index (χ1v) is 5.31. The van der Waals surface area contributed by atoms with Gasteiger partial charge in [-0.2, -0.15) is 0 Å². The fourth-order valence-corrected chi connectivity index (χ4v) is 1.46. The minimum absolute atomic E-state index is 0.146. The largest absolute Gasteiger partial charge is 0.497 e. The van der Waals surface area contributed by atoms with Crippen LogP contribution in [0.2, 0.25) is 0 Å². The maximum atomic E-state index is 9.85. The van der Waals surface area contributed by atoms with Crippen molar-refractivity contribution < 1.29 is 19.3 Å². The van der Waals surface area contributed by atoms with Crippen LogP contribution in [0.4, 0.5) is 0 Å². The summed E-state index contributed by atoms with van der Waals surface area (Å²) < 4.78 is 15.5. The van der Waals surface area contributed by atoms with Gasteiger partial charge in [0.15, 0.2) is 0 Å². The van der Waals surface area contributed by atoms with E-state index in [2.05, 4.69) is 0 Å². The first-order chi connectivity index (χ1) is 7.79. The van der Waals surface area contributed by atoms with Gasteiger partial charge in [-0.25, -0.2) is 0 Å². The fraction of sp³-hybridized carbons (Fsp3) is 0.500. The molecule has 1 heterocycles. The van der Waals surface area contributed by atoms with Gasteiger partial charge in [0.05, 0.1) is 26.9 Å². The molecule has 0 radical (unpaired) electrons. The Morgan fingerprint density at radius 1 is 1.38 bits per heavy atom. The van der Waals surface area contributed by atoms with E-state index in [9.17, 15) is 5.11 Å². The first-order valence-electron chi connectivity index (χ1n) is 5.31. The van der Waals surface area contributed by atoms with Gasteiger partial charge in [-0.15, -0.1) is 0 Å². The second kappa shape index (κ2) is 5.30. The van der Waals surface area contributed by atoms with Gasteiger partial charge in [-0.1, -0.05) is 12.1 Å². The van der Waals surface area contributed by atoms with Gasteiger partial charge in [0.2, 0.25) is 0 Å². The van der Waals surface area contributed by atoms with Gasteiger partial charge in [-0.3, -0.25) is 0 Å². The molecule has 1 saturated heterocycles. The molecule has 1 N–H and O–H groups in total. The Kier molecular flexibility index (Phi) is 3.77. The van der Waals surface area contributed by atoms with Crippen LogP contribution in [0.5, 0.6) is 5.75 Å².